The van der Waals surface area contributed by atoms with Crippen LogP contribution in [0.5, 0.6) is 0 Å². The maximum Gasteiger partial charge on any atom is 0.455 e. The lowest BCUT2D eigenvalue weighted by atomic mass is 10.1. The highest BCUT2D eigenvalue weighted by Gasteiger charge is 2.36. The van der Waals surface area contributed by atoms with Crippen LogP contribution in [0.4, 0.5) is 27.6 Å². The van der Waals surface area contributed by atoms with E-state index in [1.54, 1.807) is 0 Å². The fourth-order valence-corrected chi connectivity index (χ4v) is 3.55. The van der Waals surface area contributed by atoms with Crippen molar-refractivity contribution in [2.75, 3.05) is 5.32 Å². The minimum Gasteiger partial charge on any atom is -0.366 e. The van der Waals surface area contributed by atoms with Crippen molar-refractivity contribution in [1.82, 2.24) is 30.0 Å². The first-order valence-corrected chi connectivity index (χ1v) is 9.82. The molecule has 10 nitrogen and oxygen atoms in total. The Kier molecular flexibility index (Phi) is 6.97. The molecule has 0 aliphatic rings. The number of alkyl halides is 5. The van der Waals surface area contributed by atoms with Crippen LogP contribution in [0, 0.1) is 0 Å². The fraction of sp³-hybridized carbons (Fsp3) is 0.250. The average Bonchev–Trinajstić information content (AvgIpc) is 3.30. The van der Waals surface area contributed by atoms with Crippen LogP contribution in [0.1, 0.15) is 32.4 Å². The second-order valence-electron chi connectivity index (χ2n) is 6.36. The summed E-state index contributed by atoms with van der Waals surface area (Å²) in [5.41, 5.74) is 4.59. The summed E-state index contributed by atoms with van der Waals surface area (Å²) in [6.07, 6.45) is -7.74. The van der Waals surface area contributed by atoms with Gasteiger partial charge in [-0.05, 0) is 39.3 Å². The van der Waals surface area contributed by atoms with Crippen LogP contribution in [-0.2, 0) is 19.3 Å². The van der Waals surface area contributed by atoms with Crippen LogP contribution < -0.4 is 11.1 Å². The number of primary amides is 1. The van der Waals surface area contributed by atoms with Crippen molar-refractivity contribution in [3.63, 3.8) is 0 Å². The summed E-state index contributed by atoms with van der Waals surface area (Å²) in [7, 11) is 0. The molecule has 0 fully saturated rings. The zero-order chi connectivity index (χ0) is 24.5. The van der Waals surface area contributed by atoms with Crippen LogP contribution in [0.2, 0.25) is 5.02 Å². The molecule has 3 N–H and O–H groups in total. The number of carbonyl (C=O) groups excluding carboxylic acids is 2. The number of halogens is 7. The van der Waals surface area contributed by atoms with E-state index < -0.39 is 43.3 Å². The SMILES string of the molecule is NC(=O)c1cc(Cl)cc(Br)c1NC(=O)c1cc(Cn2nnc(C(F)(F)F)n2)nn1CC(F)F. The molecule has 33 heavy (non-hydrogen) atoms. The number of amides is 2. The minimum atomic E-state index is -4.83. The fourth-order valence-electron chi connectivity index (χ4n) is 2.64. The highest BCUT2D eigenvalue weighted by molar-refractivity contribution is 9.10. The summed E-state index contributed by atoms with van der Waals surface area (Å²) in [5.74, 6) is -3.38. The molecule has 17 heteroatoms. The molecule has 2 amide bonds. The smallest absolute Gasteiger partial charge is 0.366 e. The molecule has 3 aromatic rings. The third-order valence-corrected chi connectivity index (χ3v) is 4.79. The lowest BCUT2D eigenvalue weighted by Crippen LogP contribution is -2.22. The van der Waals surface area contributed by atoms with Gasteiger partial charge in [0.05, 0.1) is 16.9 Å². The Morgan fingerprint density at radius 1 is 1.21 bits per heavy atom. The van der Waals surface area contributed by atoms with Gasteiger partial charge in [-0.15, -0.1) is 10.2 Å². The molecule has 1 aromatic carbocycles. The number of carbonyl (C=O) groups is 2. The zero-order valence-corrected chi connectivity index (χ0v) is 18.3. The first kappa shape index (κ1) is 24.5. The van der Waals surface area contributed by atoms with Gasteiger partial charge in [0, 0.05) is 9.50 Å². The van der Waals surface area contributed by atoms with Crippen molar-refractivity contribution in [2.45, 2.75) is 25.7 Å². The molecule has 0 aliphatic heterocycles. The summed E-state index contributed by atoms with van der Waals surface area (Å²) in [6.45, 7) is -1.48. The molecule has 0 spiro atoms. The number of hydrogen-bond acceptors (Lipinski definition) is 6. The van der Waals surface area contributed by atoms with Gasteiger partial charge in [-0.2, -0.15) is 23.1 Å². The molecule has 0 bridgehead atoms. The molecule has 0 saturated carbocycles. The van der Waals surface area contributed by atoms with Crippen LogP contribution in [-0.4, -0.2) is 48.2 Å². The number of nitrogens with one attached hydrogen (secondary N) is 1. The van der Waals surface area contributed by atoms with E-state index in [-0.39, 0.29) is 32.1 Å². The van der Waals surface area contributed by atoms with Crippen LogP contribution in [0.15, 0.2) is 22.7 Å². The van der Waals surface area contributed by atoms with E-state index in [0.29, 0.717) is 9.48 Å². The highest BCUT2D eigenvalue weighted by Crippen LogP contribution is 2.31. The molecule has 0 saturated heterocycles. The van der Waals surface area contributed by atoms with Crippen molar-refractivity contribution in [3.05, 3.63) is 50.5 Å². The molecule has 0 atom stereocenters. The molecule has 2 aromatic heterocycles. The topological polar surface area (TPSA) is 134 Å². The maximum atomic E-state index is 13.0. The van der Waals surface area contributed by atoms with Crippen molar-refractivity contribution >= 4 is 45.0 Å². The normalized spacial score (nSPS) is 11.8. The van der Waals surface area contributed by atoms with E-state index in [1.165, 1.54) is 12.1 Å². The lowest BCUT2D eigenvalue weighted by molar-refractivity contribution is -0.145. The van der Waals surface area contributed by atoms with Gasteiger partial charge in [-0.1, -0.05) is 11.6 Å². The van der Waals surface area contributed by atoms with E-state index in [4.69, 9.17) is 17.3 Å². The summed E-state index contributed by atoms with van der Waals surface area (Å²) in [5, 5.41) is 15.5. The molecule has 176 valence electrons. The van der Waals surface area contributed by atoms with Gasteiger partial charge in [-0.25, -0.2) is 8.78 Å². The van der Waals surface area contributed by atoms with E-state index in [0.717, 1.165) is 6.07 Å². The van der Waals surface area contributed by atoms with Gasteiger partial charge in [0.2, 0.25) is 0 Å². The summed E-state index contributed by atoms with van der Waals surface area (Å²) in [4.78, 5) is 25.1. The summed E-state index contributed by atoms with van der Waals surface area (Å²) in [6, 6.07) is 3.61. The summed E-state index contributed by atoms with van der Waals surface area (Å²) < 4.78 is 64.7. The van der Waals surface area contributed by atoms with Crippen LogP contribution in [0.25, 0.3) is 0 Å². The Labute approximate surface area is 194 Å². The van der Waals surface area contributed by atoms with Crippen molar-refractivity contribution in [2.24, 2.45) is 5.73 Å². The molecule has 2 heterocycles. The zero-order valence-electron chi connectivity index (χ0n) is 15.9. The van der Waals surface area contributed by atoms with Crippen molar-refractivity contribution in [1.29, 1.82) is 0 Å². The van der Waals surface area contributed by atoms with E-state index >= 15 is 0 Å². The maximum absolute atomic E-state index is 13.0. The first-order valence-electron chi connectivity index (χ1n) is 8.65. The molecular formula is C16H11BrClF5N8O2. The Balaban J connectivity index is 1.92. The van der Waals surface area contributed by atoms with Gasteiger partial charge >= 0.3 is 6.18 Å². The second kappa shape index (κ2) is 9.38. The molecule has 0 radical (unpaired) electrons. The van der Waals surface area contributed by atoms with Gasteiger partial charge in [0.25, 0.3) is 24.1 Å². The Morgan fingerprint density at radius 2 is 1.91 bits per heavy atom. The Bertz CT molecular complexity index is 1210. The number of nitrogens with zero attached hydrogens (tertiary/aromatic N) is 6. The van der Waals surface area contributed by atoms with Crippen LogP contribution in [0.3, 0.4) is 0 Å². The first-order chi connectivity index (χ1) is 15.3. The number of benzene rings is 1. The number of tetrazole rings is 1. The standard InChI is InChI=1S/C16H11BrClF5N8O2/c17-9-2-6(18)1-8(13(24)32)12(9)25-14(33)10-3-7(27-30(10)5-11(19)20)4-31-28-15(26-29-31)16(21,22)23/h1-3,11H,4-5H2,(H2,24,32)(H,25,33). The van der Waals surface area contributed by atoms with Crippen molar-refractivity contribution in [3.8, 4) is 0 Å². The molecule has 3 rings (SSSR count). The molecule has 0 aliphatic carbocycles. The average molecular weight is 558 g/mol. The predicted molar refractivity (Wildman–Crippen MR) is 106 cm³/mol. The lowest BCUT2D eigenvalue weighted by Gasteiger charge is -2.12. The van der Waals surface area contributed by atoms with E-state index in [1.807, 2.05) is 0 Å². The molecule has 0 unspecified atom stereocenters. The second-order valence-corrected chi connectivity index (χ2v) is 7.65. The monoisotopic (exact) mass is 556 g/mol. The Morgan fingerprint density at radius 3 is 2.48 bits per heavy atom. The summed E-state index contributed by atoms with van der Waals surface area (Å²) >= 11 is 9.00. The number of nitrogens with two attached hydrogens (primary N) is 1. The third-order valence-electron chi connectivity index (χ3n) is 3.94. The van der Waals surface area contributed by atoms with E-state index in [9.17, 15) is 31.5 Å². The van der Waals surface area contributed by atoms with Gasteiger partial charge in [-0.3, -0.25) is 14.3 Å². The van der Waals surface area contributed by atoms with Crippen molar-refractivity contribution < 1.29 is 31.5 Å². The van der Waals surface area contributed by atoms with Gasteiger partial charge in [0.1, 0.15) is 18.8 Å². The van der Waals surface area contributed by atoms with Crippen LogP contribution >= 0.6 is 27.5 Å². The Hall–Kier alpha value is -3.14. The number of rotatable bonds is 7. The quantitative estimate of drug-likeness (QED) is 0.429. The van der Waals surface area contributed by atoms with Gasteiger partial charge < -0.3 is 11.1 Å². The number of anilines is 1. The predicted octanol–water partition coefficient (Wildman–Crippen LogP) is 2.97. The van der Waals surface area contributed by atoms with E-state index in [2.05, 4.69) is 41.8 Å². The third kappa shape index (κ3) is 5.81. The number of hydrogen-bond donors (Lipinski definition) is 2. The van der Waals surface area contributed by atoms with Gasteiger partial charge in [0.15, 0.2) is 0 Å². The largest absolute Gasteiger partial charge is 0.455 e. The minimum absolute atomic E-state index is 0.0731. The number of aromatic nitrogens is 6. The highest BCUT2D eigenvalue weighted by atomic mass is 79.9. The molecular weight excluding hydrogens is 547 g/mol.